The molecule has 1 aromatic carbocycles. The van der Waals surface area contributed by atoms with Gasteiger partial charge in [-0.3, -0.25) is 4.79 Å². The number of halogens is 1. The number of nitrogens with one attached hydrogen (secondary N) is 1. The monoisotopic (exact) mass is 323 g/mol. The van der Waals surface area contributed by atoms with E-state index in [9.17, 15) is 14.3 Å². The van der Waals surface area contributed by atoms with Crippen LogP contribution in [0.15, 0.2) is 41.8 Å². The van der Waals surface area contributed by atoms with Gasteiger partial charge in [-0.2, -0.15) is 0 Å². The molecule has 0 aliphatic carbocycles. The Morgan fingerprint density at radius 2 is 2.14 bits per heavy atom. The number of carbonyl (C=O) groups is 1. The van der Waals surface area contributed by atoms with Crippen molar-refractivity contribution >= 4 is 17.2 Å². The average Bonchev–Trinajstić information content (AvgIpc) is 3.02. The number of para-hydroxylation sites is 1. The minimum absolute atomic E-state index is 0.0773. The second-order valence-electron chi connectivity index (χ2n) is 5.06. The fourth-order valence-corrected chi connectivity index (χ4v) is 2.63. The van der Waals surface area contributed by atoms with E-state index in [0.29, 0.717) is 0 Å². The van der Waals surface area contributed by atoms with Crippen LogP contribution in [0.25, 0.3) is 0 Å². The van der Waals surface area contributed by atoms with Gasteiger partial charge in [-0.25, -0.2) is 4.39 Å². The van der Waals surface area contributed by atoms with Crippen LogP contribution in [0.5, 0.6) is 5.75 Å². The van der Waals surface area contributed by atoms with Gasteiger partial charge in [-0.1, -0.05) is 18.2 Å². The lowest BCUT2D eigenvalue weighted by Gasteiger charge is -2.22. The Hall–Kier alpha value is -1.92. The molecule has 0 saturated carbocycles. The van der Waals surface area contributed by atoms with E-state index in [4.69, 9.17) is 4.74 Å². The summed E-state index contributed by atoms with van der Waals surface area (Å²) in [5.74, 6) is -0.586. The summed E-state index contributed by atoms with van der Waals surface area (Å²) in [7, 11) is 0. The summed E-state index contributed by atoms with van der Waals surface area (Å²) < 4.78 is 18.5. The molecule has 1 atom stereocenters. The second kappa shape index (κ2) is 7.38. The number of carbonyl (C=O) groups excluding carboxylic acids is 1. The lowest BCUT2D eigenvalue weighted by Crippen LogP contribution is -2.38. The highest BCUT2D eigenvalue weighted by Crippen LogP contribution is 2.24. The van der Waals surface area contributed by atoms with Crippen molar-refractivity contribution in [2.75, 3.05) is 13.2 Å². The van der Waals surface area contributed by atoms with Crippen molar-refractivity contribution in [3.8, 4) is 5.75 Å². The topological polar surface area (TPSA) is 58.6 Å². The normalized spacial score (nSPS) is 13.4. The van der Waals surface area contributed by atoms with E-state index in [2.05, 4.69) is 5.32 Å². The lowest BCUT2D eigenvalue weighted by atomic mass is 10.1. The summed E-state index contributed by atoms with van der Waals surface area (Å²) in [5.41, 5.74) is -1.10. The fourth-order valence-electron chi connectivity index (χ4n) is 1.85. The van der Waals surface area contributed by atoms with E-state index in [0.717, 1.165) is 4.88 Å². The number of hydrogen-bond acceptors (Lipinski definition) is 4. The number of ether oxygens (including phenoxy) is 1. The molecule has 2 aromatic rings. The van der Waals surface area contributed by atoms with Crippen molar-refractivity contribution in [1.82, 2.24) is 5.32 Å². The maximum Gasteiger partial charge on any atom is 0.223 e. The van der Waals surface area contributed by atoms with Crippen LogP contribution in [0, 0.1) is 5.82 Å². The maximum absolute atomic E-state index is 13.3. The van der Waals surface area contributed by atoms with Gasteiger partial charge >= 0.3 is 0 Å². The predicted octanol–water partition coefficient (Wildman–Crippen LogP) is 2.68. The number of amides is 1. The van der Waals surface area contributed by atoms with E-state index < -0.39 is 11.4 Å². The van der Waals surface area contributed by atoms with Crippen LogP contribution < -0.4 is 10.1 Å². The van der Waals surface area contributed by atoms with Gasteiger partial charge in [0.15, 0.2) is 11.6 Å². The first-order valence-corrected chi connectivity index (χ1v) is 7.77. The molecule has 0 saturated heterocycles. The predicted molar refractivity (Wildman–Crippen MR) is 83.4 cm³/mol. The van der Waals surface area contributed by atoms with Crippen molar-refractivity contribution in [3.05, 3.63) is 52.5 Å². The van der Waals surface area contributed by atoms with E-state index in [-0.39, 0.29) is 31.2 Å². The fraction of sp³-hybridized carbons (Fsp3) is 0.312. The molecule has 0 bridgehead atoms. The molecular weight excluding hydrogens is 305 g/mol. The van der Waals surface area contributed by atoms with Gasteiger partial charge in [0.2, 0.25) is 5.91 Å². The van der Waals surface area contributed by atoms with Crippen molar-refractivity contribution in [3.63, 3.8) is 0 Å². The van der Waals surface area contributed by atoms with Crippen LogP contribution in [-0.2, 0) is 10.4 Å². The third-order valence-electron chi connectivity index (χ3n) is 3.11. The molecule has 1 amide bonds. The molecule has 1 aromatic heterocycles. The van der Waals surface area contributed by atoms with Crippen molar-refractivity contribution in [2.45, 2.75) is 18.9 Å². The molecule has 0 spiro atoms. The lowest BCUT2D eigenvalue weighted by molar-refractivity contribution is -0.122. The Morgan fingerprint density at radius 1 is 1.36 bits per heavy atom. The van der Waals surface area contributed by atoms with Gasteiger partial charge in [0.1, 0.15) is 5.60 Å². The molecule has 0 fully saturated rings. The van der Waals surface area contributed by atoms with E-state index in [1.54, 1.807) is 19.1 Å². The van der Waals surface area contributed by atoms with Gasteiger partial charge in [0.05, 0.1) is 19.6 Å². The van der Waals surface area contributed by atoms with Gasteiger partial charge in [-0.15, -0.1) is 11.3 Å². The maximum atomic E-state index is 13.3. The Morgan fingerprint density at radius 3 is 2.82 bits per heavy atom. The number of thiophene rings is 1. The summed E-state index contributed by atoms with van der Waals surface area (Å²) in [6.45, 7) is 1.84. The third-order valence-corrected chi connectivity index (χ3v) is 4.23. The highest BCUT2D eigenvalue weighted by atomic mass is 32.1. The number of hydrogen-bond donors (Lipinski definition) is 2. The quantitative estimate of drug-likeness (QED) is 0.823. The highest BCUT2D eigenvalue weighted by molar-refractivity contribution is 7.10. The first-order valence-electron chi connectivity index (χ1n) is 6.89. The molecule has 0 aliphatic heterocycles. The van der Waals surface area contributed by atoms with Gasteiger partial charge < -0.3 is 15.2 Å². The number of rotatable bonds is 7. The zero-order chi connectivity index (χ0) is 16.0. The number of aliphatic hydroxyl groups is 1. The minimum atomic E-state index is -1.10. The molecule has 2 N–H and O–H groups in total. The van der Waals surface area contributed by atoms with Crippen LogP contribution in [-0.4, -0.2) is 24.2 Å². The van der Waals surface area contributed by atoms with Crippen molar-refractivity contribution < 1.29 is 19.0 Å². The standard InChI is InChI=1S/C16H18FNO3S/c1-16(20,14-7-4-10-22-14)11-18-15(19)8-9-21-13-6-3-2-5-12(13)17/h2-7,10,20H,8-9,11H2,1H3,(H,18,19). The SMILES string of the molecule is CC(O)(CNC(=O)CCOc1ccccc1F)c1cccs1. The van der Waals surface area contributed by atoms with Crippen LogP contribution in [0.3, 0.4) is 0 Å². The van der Waals surface area contributed by atoms with Gasteiger partial charge in [0, 0.05) is 4.88 Å². The Bertz CT molecular complexity index is 614. The molecule has 6 heteroatoms. The van der Waals surface area contributed by atoms with E-state index >= 15 is 0 Å². The molecule has 1 unspecified atom stereocenters. The largest absolute Gasteiger partial charge is 0.490 e. The molecule has 0 aliphatic rings. The first-order chi connectivity index (χ1) is 10.5. The van der Waals surface area contributed by atoms with Gasteiger partial charge in [-0.05, 0) is 30.5 Å². The first kappa shape index (κ1) is 16.5. The van der Waals surface area contributed by atoms with Crippen LogP contribution in [0.2, 0.25) is 0 Å². The smallest absolute Gasteiger partial charge is 0.223 e. The van der Waals surface area contributed by atoms with Crippen LogP contribution in [0.1, 0.15) is 18.2 Å². The Kier molecular flexibility index (Phi) is 5.51. The van der Waals surface area contributed by atoms with Crippen LogP contribution in [0.4, 0.5) is 4.39 Å². The minimum Gasteiger partial charge on any atom is -0.490 e. The van der Waals surface area contributed by atoms with E-state index in [1.165, 1.54) is 23.5 Å². The summed E-state index contributed by atoms with van der Waals surface area (Å²) in [6.07, 6.45) is 0.0921. The van der Waals surface area contributed by atoms with Crippen LogP contribution >= 0.6 is 11.3 Å². The van der Waals surface area contributed by atoms with Crippen molar-refractivity contribution in [2.24, 2.45) is 0 Å². The zero-order valence-corrected chi connectivity index (χ0v) is 13.0. The average molecular weight is 323 g/mol. The molecular formula is C16H18FNO3S. The molecule has 118 valence electrons. The Labute approximate surface area is 132 Å². The molecule has 2 rings (SSSR count). The van der Waals surface area contributed by atoms with E-state index in [1.807, 2.05) is 17.5 Å². The summed E-state index contributed by atoms with van der Waals surface area (Å²) in [6, 6.07) is 9.71. The summed E-state index contributed by atoms with van der Waals surface area (Å²) >= 11 is 1.43. The molecule has 22 heavy (non-hydrogen) atoms. The molecule has 0 radical (unpaired) electrons. The molecule has 1 heterocycles. The summed E-state index contributed by atoms with van der Waals surface area (Å²) in [5, 5.41) is 14.8. The summed E-state index contributed by atoms with van der Waals surface area (Å²) in [4.78, 5) is 12.5. The Balaban J connectivity index is 1.73. The molecule has 4 nitrogen and oxygen atoms in total. The van der Waals surface area contributed by atoms with Gasteiger partial charge in [0.25, 0.3) is 0 Å². The van der Waals surface area contributed by atoms with Crippen molar-refractivity contribution in [1.29, 1.82) is 0 Å². The number of benzene rings is 1. The highest BCUT2D eigenvalue weighted by Gasteiger charge is 2.24. The second-order valence-corrected chi connectivity index (χ2v) is 6.00. The third kappa shape index (κ3) is 4.54. The zero-order valence-electron chi connectivity index (χ0n) is 12.2.